The van der Waals surface area contributed by atoms with Crippen LogP contribution in [0.2, 0.25) is 5.02 Å². The molecule has 0 aliphatic rings. The maximum Gasteiger partial charge on any atom is 0.220 e. The van der Waals surface area contributed by atoms with Crippen molar-refractivity contribution in [3.05, 3.63) is 57.2 Å². The number of ketones is 1. The van der Waals surface area contributed by atoms with Gasteiger partial charge in [0.2, 0.25) is 5.91 Å². The second kappa shape index (κ2) is 10.5. The SMILES string of the molecule is CCN(CC)C(CNC(=O)CCC(=O)c1ccc(Cl)cc1)c1cccs1. The van der Waals surface area contributed by atoms with Gasteiger partial charge >= 0.3 is 0 Å². The Balaban J connectivity index is 1.86. The molecule has 0 saturated carbocycles. The summed E-state index contributed by atoms with van der Waals surface area (Å²) in [6.07, 6.45) is 0.388. The topological polar surface area (TPSA) is 49.4 Å². The van der Waals surface area contributed by atoms with Crippen LogP contribution in [0.15, 0.2) is 41.8 Å². The minimum absolute atomic E-state index is 0.0460. The summed E-state index contributed by atoms with van der Waals surface area (Å²) in [5.41, 5.74) is 0.585. The molecule has 0 fully saturated rings. The Kier molecular flexibility index (Phi) is 8.29. The van der Waals surface area contributed by atoms with Crippen molar-refractivity contribution in [1.82, 2.24) is 10.2 Å². The number of likely N-dealkylation sites (N-methyl/N-ethyl adjacent to an activating group) is 1. The monoisotopic (exact) mass is 392 g/mol. The molecule has 140 valence electrons. The Bertz CT molecular complexity index is 697. The molecule has 0 bridgehead atoms. The number of carbonyl (C=O) groups is 2. The highest BCUT2D eigenvalue weighted by Crippen LogP contribution is 2.24. The van der Waals surface area contributed by atoms with Crippen molar-refractivity contribution in [2.24, 2.45) is 0 Å². The number of rotatable bonds is 10. The second-order valence-corrected chi connectivity index (χ2v) is 7.40. The van der Waals surface area contributed by atoms with E-state index >= 15 is 0 Å². The highest BCUT2D eigenvalue weighted by Gasteiger charge is 2.20. The number of nitrogens with zero attached hydrogens (tertiary/aromatic N) is 1. The van der Waals surface area contributed by atoms with Gasteiger partial charge in [-0.1, -0.05) is 31.5 Å². The van der Waals surface area contributed by atoms with Gasteiger partial charge in [0.1, 0.15) is 0 Å². The fraction of sp³-hybridized carbons (Fsp3) is 0.400. The predicted molar refractivity (Wildman–Crippen MR) is 108 cm³/mol. The van der Waals surface area contributed by atoms with Crippen LogP contribution in [0, 0.1) is 0 Å². The number of nitrogens with one attached hydrogen (secondary N) is 1. The van der Waals surface area contributed by atoms with Crippen molar-refractivity contribution in [3.8, 4) is 0 Å². The molecule has 0 aliphatic carbocycles. The van der Waals surface area contributed by atoms with Crippen molar-refractivity contribution in [2.45, 2.75) is 32.7 Å². The maximum atomic E-state index is 12.2. The number of hydrogen-bond acceptors (Lipinski definition) is 4. The smallest absolute Gasteiger partial charge is 0.220 e. The molecule has 1 aromatic carbocycles. The first-order valence-corrected chi connectivity index (χ1v) is 10.1. The Hall–Kier alpha value is -1.69. The molecule has 4 nitrogen and oxygen atoms in total. The molecule has 6 heteroatoms. The largest absolute Gasteiger partial charge is 0.354 e. The highest BCUT2D eigenvalue weighted by atomic mass is 35.5. The molecule has 1 amide bonds. The lowest BCUT2D eigenvalue weighted by Crippen LogP contribution is -2.37. The third-order valence-electron chi connectivity index (χ3n) is 4.36. The van der Waals surface area contributed by atoms with E-state index in [2.05, 4.69) is 35.5 Å². The van der Waals surface area contributed by atoms with E-state index in [1.165, 1.54) is 4.88 Å². The first-order valence-electron chi connectivity index (χ1n) is 8.88. The number of benzene rings is 1. The Morgan fingerprint density at radius 2 is 1.81 bits per heavy atom. The van der Waals surface area contributed by atoms with Gasteiger partial charge in [-0.15, -0.1) is 11.3 Å². The standard InChI is InChI=1S/C20H25ClN2O2S/c1-3-23(4-2)17(19-6-5-13-26-19)14-22-20(25)12-11-18(24)15-7-9-16(21)10-8-15/h5-10,13,17H,3-4,11-12,14H2,1-2H3,(H,22,25). The fourth-order valence-electron chi connectivity index (χ4n) is 2.86. The maximum absolute atomic E-state index is 12.2. The van der Waals surface area contributed by atoms with E-state index in [9.17, 15) is 9.59 Å². The van der Waals surface area contributed by atoms with Crippen molar-refractivity contribution >= 4 is 34.6 Å². The molecular formula is C20H25ClN2O2S. The minimum Gasteiger partial charge on any atom is -0.354 e. The van der Waals surface area contributed by atoms with Gasteiger partial charge in [-0.3, -0.25) is 14.5 Å². The number of thiophene rings is 1. The molecule has 1 atom stereocenters. The van der Waals surface area contributed by atoms with Gasteiger partial charge in [0, 0.05) is 34.8 Å². The van der Waals surface area contributed by atoms with Gasteiger partial charge in [-0.2, -0.15) is 0 Å². The van der Waals surface area contributed by atoms with Crippen LogP contribution in [-0.4, -0.2) is 36.2 Å². The van der Waals surface area contributed by atoms with Crippen LogP contribution in [0.3, 0.4) is 0 Å². The van der Waals surface area contributed by atoms with E-state index in [1.54, 1.807) is 35.6 Å². The van der Waals surface area contributed by atoms with Gasteiger partial charge in [0.05, 0.1) is 6.04 Å². The summed E-state index contributed by atoms with van der Waals surface area (Å²) in [6.45, 7) is 6.64. The summed E-state index contributed by atoms with van der Waals surface area (Å²) < 4.78 is 0. The van der Waals surface area contributed by atoms with Crippen LogP contribution in [0.1, 0.15) is 48.0 Å². The first kappa shape index (κ1) is 20.6. The lowest BCUT2D eigenvalue weighted by molar-refractivity contribution is -0.121. The van der Waals surface area contributed by atoms with Crippen molar-refractivity contribution in [2.75, 3.05) is 19.6 Å². The third kappa shape index (κ3) is 5.94. The van der Waals surface area contributed by atoms with E-state index in [0.29, 0.717) is 17.1 Å². The van der Waals surface area contributed by atoms with Crippen LogP contribution < -0.4 is 5.32 Å². The average molecular weight is 393 g/mol. The Morgan fingerprint density at radius 3 is 2.38 bits per heavy atom. The molecule has 0 aliphatic heterocycles. The minimum atomic E-state index is -0.0963. The molecule has 1 N–H and O–H groups in total. The molecule has 0 saturated heterocycles. The van der Waals surface area contributed by atoms with Gasteiger partial charge in [0.25, 0.3) is 0 Å². The van der Waals surface area contributed by atoms with Crippen LogP contribution in [0.25, 0.3) is 0 Å². The number of amides is 1. The highest BCUT2D eigenvalue weighted by molar-refractivity contribution is 7.10. The van der Waals surface area contributed by atoms with Crippen molar-refractivity contribution in [3.63, 3.8) is 0 Å². The summed E-state index contributed by atoms with van der Waals surface area (Å²) >= 11 is 7.53. The van der Waals surface area contributed by atoms with Crippen LogP contribution in [0.5, 0.6) is 0 Å². The van der Waals surface area contributed by atoms with Crippen LogP contribution in [0.4, 0.5) is 0 Å². The molecule has 26 heavy (non-hydrogen) atoms. The van der Waals surface area contributed by atoms with E-state index in [4.69, 9.17) is 11.6 Å². The van der Waals surface area contributed by atoms with Crippen LogP contribution in [-0.2, 0) is 4.79 Å². The normalized spacial score (nSPS) is 12.2. The van der Waals surface area contributed by atoms with E-state index in [-0.39, 0.29) is 30.6 Å². The molecule has 2 rings (SSSR count). The second-order valence-electron chi connectivity index (χ2n) is 5.99. The zero-order valence-electron chi connectivity index (χ0n) is 15.2. The van der Waals surface area contributed by atoms with Gasteiger partial charge in [-0.05, 0) is 48.8 Å². The van der Waals surface area contributed by atoms with Gasteiger partial charge in [-0.25, -0.2) is 0 Å². The van der Waals surface area contributed by atoms with E-state index in [0.717, 1.165) is 13.1 Å². The molecule has 1 aromatic heterocycles. The summed E-state index contributed by atoms with van der Waals surface area (Å²) in [5.74, 6) is -0.142. The number of hydrogen-bond donors (Lipinski definition) is 1. The van der Waals surface area contributed by atoms with Crippen molar-refractivity contribution < 1.29 is 9.59 Å². The number of carbonyl (C=O) groups excluding carboxylic acids is 2. The first-order chi connectivity index (χ1) is 12.5. The average Bonchev–Trinajstić information content (AvgIpc) is 3.18. The quantitative estimate of drug-likeness (QED) is 0.603. The summed E-state index contributed by atoms with van der Waals surface area (Å²) in [4.78, 5) is 27.9. The van der Waals surface area contributed by atoms with Crippen molar-refractivity contribution in [1.29, 1.82) is 0 Å². The molecule has 1 heterocycles. The van der Waals surface area contributed by atoms with E-state index < -0.39 is 0 Å². The lowest BCUT2D eigenvalue weighted by Gasteiger charge is -2.29. The Morgan fingerprint density at radius 1 is 1.12 bits per heavy atom. The predicted octanol–water partition coefficient (Wildman–Crippen LogP) is 4.56. The molecule has 1 unspecified atom stereocenters. The fourth-order valence-corrected chi connectivity index (χ4v) is 3.85. The number of halogens is 1. The zero-order valence-corrected chi connectivity index (χ0v) is 16.8. The van der Waals surface area contributed by atoms with Crippen LogP contribution >= 0.6 is 22.9 Å². The molecule has 0 radical (unpaired) electrons. The third-order valence-corrected chi connectivity index (χ3v) is 5.59. The summed E-state index contributed by atoms with van der Waals surface area (Å²) in [6, 6.07) is 11.1. The number of Topliss-reactive ketones (excluding diaryl/α,β-unsaturated/α-hetero) is 1. The van der Waals surface area contributed by atoms with E-state index in [1.807, 2.05) is 6.07 Å². The lowest BCUT2D eigenvalue weighted by atomic mass is 10.1. The molecule has 0 spiro atoms. The molecule has 2 aromatic rings. The summed E-state index contributed by atoms with van der Waals surface area (Å²) in [5, 5.41) is 5.64. The summed E-state index contributed by atoms with van der Waals surface area (Å²) in [7, 11) is 0. The van der Waals surface area contributed by atoms with Gasteiger partial charge < -0.3 is 5.32 Å². The molecular weight excluding hydrogens is 368 g/mol. The zero-order chi connectivity index (χ0) is 18.9. The Labute approximate surface area is 164 Å². The van der Waals surface area contributed by atoms with Gasteiger partial charge in [0.15, 0.2) is 5.78 Å².